The molecule has 0 aliphatic heterocycles. The number of rotatable bonds is 8. The summed E-state index contributed by atoms with van der Waals surface area (Å²) in [6.45, 7) is 7.99. The standard InChI is InChI=1S/C20H27O3PS/c1-5-23-19(21)20(4,13-15(2)3)24(22)14-25-18-11-10-16-8-6-7-9-17(16)12-18/h6-12,15,24H,5,13-14H2,1-4H3. The summed E-state index contributed by atoms with van der Waals surface area (Å²) >= 11 is 1.56. The minimum atomic E-state index is -2.15. The molecule has 3 nitrogen and oxygen atoms in total. The molecule has 2 aromatic carbocycles. The summed E-state index contributed by atoms with van der Waals surface area (Å²) < 4.78 is 18.2. The van der Waals surface area contributed by atoms with E-state index in [9.17, 15) is 9.36 Å². The average molecular weight is 378 g/mol. The van der Waals surface area contributed by atoms with E-state index in [1.807, 2.05) is 32.0 Å². The van der Waals surface area contributed by atoms with Crippen molar-refractivity contribution in [3.63, 3.8) is 0 Å². The first kappa shape index (κ1) is 20.1. The smallest absolute Gasteiger partial charge is 0.319 e. The third kappa shape index (κ3) is 5.12. The molecule has 0 saturated carbocycles. The van der Waals surface area contributed by atoms with E-state index in [4.69, 9.17) is 4.74 Å². The average Bonchev–Trinajstić information content (AvgIpc) is 2.58. The van der Waals surface area contributed by atoms with Gasteiger partial charge in [-0.1, -0.05) is 44.2 Å². The number of benzene rings is 2. The van der Waals surface area contributed by atoms with E-state index in [1.165, 1.54) is 10.8 Å². The molecular weight excluding hydrogens is 351 g/mol. The Bertz CT molecular complexity index is 759. The molecule has 0 N–H and O–H groups in total. The van der Waals surface area contributed by atoms with Crippen molar-refractivity contribution < 1.29 is 14.1 Å². The van der Waals surface area contributed by atoms with Crippen molar-refractivity contribution in [2.45, 2.75) is 44.2 Å². The van der Waals surface area contributed by atoms with Crippen LogP contribution in [0.1, 0.15) is 34.1 Å². The van der Waals surface area contributed by atoms with Gasteiger partial charge in [0.15, 0.2) is 0 Å². The van der Waals surface area contributed by atoms with Gasteiger partial charge in [-0.2, -0.15) is 0 Å². The van der Waals surface area contributed by atoms with Crippen molar-refractivity contribution in [3.05, 3.63) is 42.5 Å². The minimum Gasteiger partial charge on any atom is -0.465 e. The second-order valence-electron chi connectivity index (χ2n) is 6.87. The van der Waals surface area contributed by atoms with Crippen molar-refractivity contribution in [3.8, 4) is 0 Å². The van der Waals surface area contributed by atoms with Crippen LogP contribution in [0.5, 0.6) is 0 Å². The highest BCUT2D eigenvalue weighted by molar-refractivity contribution is 8.04. The molecular formula is C20H27O3PS. The van der Waals surface area contributed by atoms with Gasteiger partial charge in [0.05, 0.1) is 12.1 Å². The van der Waals surface area contributed by atoms with E-state index in [1.54, 1.807) is 25.6 Å². The van der Waals surface area contributed by atoms with Gasteiger partial charge < -0.3 is 9.30 Å². The molecule has 25 heavy (non-hydrogen) atoms. The molecule has 136 valence electrons. The summed E-state index contributed by atoms with van der Waals surface area (Å²) in [5.41, 5.74) is 0.449. The highest BCUT2D eigenvalue weighted by Crippen LogP contribution is 2.47. The zero-order valence-electron chi connectivity index (χ0n) is 15.4. The number of ether oxygens (including phenoxy) is 1. The molecule has 5 heteroatoms. The quantitative estimate of drug-likeness (QED) is 0.330. The van der Waals surface area contributed by atoms with E-state index in [2.05, 4.69) is 24.3 Å². The first-order chi connectivity index (χ1) is 11.9. The lowest BCUT2D eigenvalue weighted by Gasteiger charge is -2.28. The second-order valence-corrected chi connectivity index (χ2v) is 10.7. The van der Waals surface area contributed by atoms with Crippen molar-refractivity contribution in [2.75, 3.05) is 12.1 Å². The van der Waals surface area contributed by atoms with Crippen molar-refractivity contribution in [1.82, 2.24) is 0 Å². The molecule has 2 rings (SSSR count). The summed E-state index contributed by atoms with van der Waals surface area (Å²) in [4.78, 5) is 13.5. The fraction of sp³-hybridized carbons (Fsp3) is 0.450. The summed E-state index contributed by atoms with van der Waals surface area (Å²) in [6.07, 6.45) is 0.585. The summed E-state index contributed by atoms with van der Waals surface area (Å²) in [5, 5.41) is 1.47. The van der Waals surface area contributed by atoms with Gasteiger partial charge in [0, 0.05) is 4.90 Å². The van der Waals surface area contributed by atoms with Crippen molar-refractivity contribution in [1.29, 1.82) is 0 Å². The van der Waals surface area contributed by atoms with Crippen LogP contribution in [0.2, 0.25) is 0 Å². The third-order valence-corrected chi connectivity index (χ3v) is 8.10. The van der Waals surface area contributed by atoms with Gasteiger partial charge in [-0.25, -0.2) is 0 Å². The number of hydrogen-bond donors (Lipinski definition) is 0. The Morgan fingerprint density at radius 2 is 1.88 bits per heavy atom. The van der Waals surface area contributed by atoms with Crippen LogP contribution < -0.4 is 0 Å². The van der Waals surface area contributed by atoms with Crippen LogP contribution in [0.3, 0.4) is 0 Å². The maximum atomic E-state index is 13.0. The molecule has 0 bridgehead atoms. The molecule has 0 heterocycles. The zero-order chi connectivity index (χ0) is 18.4. The van der Waals surface area contributed by atoms with Crippen LogP contribution >= 0.6 is 19.6 Å². The lowest BCUT2D eigenvalue weighted by molar-refractivity contribution is -0.146. The maximum Gasteiger partial charge on any atom is 0.319 e. The van der Waals surface area contributed by atoms with E-state index in [-0.39, 0.29) is 11.9 Å². The Balaban J connectivity index is 2.12. The summed E-state index contributed by atoms with van der Waals surface area (Å²) in [5.74, 6) is -0.0410. The Morgan fingerprint density at radius 3 is 2.52 bits per heavy atom. The SMILES string of the molecule is CCOC(=O)C(C)(CC(C)C)[PH](=O)CSc1ccc2ccccc2c1. The fourth-order valence-electron chi connectivity index (χ4n) is 2.98. The molecule has 0 radical (unpaired) electrons. The van der Waals surface area contributed by atoms with Crippen LogP contribution in [0.15, 0.2) is 47.4 Å². The van der Waals surface area contributed by atoms with Gasteiger partial charge >= 0.3 is 5.97 Å². The van der Waals surface area contributed by atoms with Gasteiger partial charge in [-0.15, -0.1) is 11.8 Å². The monoisotopic (exact) mass is 378 g/mol. The predicted molar refractivity (Wildman–Crippen MR) is 108 cm³/mol. The summed E-state index contributed by atoms with van der Waals surface area (Å²) in [7, 11) is -2.15. The highest BCUT2D eigenvalue weighted by atomic mass is 32.2. The lowest BCUT2D eigenvalue weighted by atomic mass is 9.98. The first-order valence-electron chi connectivity index (χ1n) is 8.69. The zero-order valence-corrected chi connectivity index (χ0v) is 17.2. The van der Waals surface area contributed by atoms with E-state index >= 15 is 0 Å². The predicted octanol–water partition coefficient (Wildman–Crippen LogP) is 5.82. The normalized spacial score (nSPS) is 15.1. The summed E-state index contributed by atoms with van der Waals surface area (Å²) in [6, 6.07) is 14.4. The lowest BCUT2D eigenvalue weighted by Crippen LogP contribution is -2.35. The molecule has 0 aliphatic rings. The second kappa shape index (κ2) is 8.91. The first-order valence-corrected chi connectivity index (χ1v) is 11.3. The maximum absolute atomic E-state index is 13.0. The van der Waals surface area contributed by atoms with Crippen LogP contribution in [-0.4, -0.2) is 23.2 Å². The van der Waals surface area contributed by atoms with Crippen LogP contribution in [0, 0.1) is 5.92 Å². The molecule has 2 atom stereocenters. The van der Waals surface area contributed by atoms with Crippen LogP contribution in [-0.2, 0) is 14.1 Å². The van der Waals surface area contributed by atoms with Gasteiger partial charge in [0.1, 0.15) is 13.0 Å². The number of hydrogen-bond acceptors (Lipinski definition) is 4. The Hall–Kier alpha value is -1.25. The molecule has 2 unspecified atom stereocenters. The largest absolute Gasteiger partial charge is 0.465 e. The molecule has 2 aromatic rings. The Labute approximate surface area is 155 Å². The van der Waals surface area contributed by atoms with Gasteiger partial charge in [0.2, 0.25) is 0 Å². The Kier molecular flexibility index (Phi) is 7.15. The third-order valence-electron chi connectivity index (χ3n) is 4.25. The topological polar surface area (TPSA) is 43.4 Å². The van der Waals surface area contributed by atoms with E-state index < -0.39 is 13.0 Å². The van der Waals surface area contributed by atoms with Crippen LogP contribution in [0.4, 0.5) is 0 Å². The number of fused-ring (bicyclic) bond motifs is 1. The highest BCUT2D eigenvalue weighted by Gasteiger charge is 2.41. The van der Waals surface area contributed by atoms with Gasteiger partial charge in [-0.05, 0) is 49.1 Å². The minimum absolute atomic E-state index is 0.286. The van der Waals surface area contributed by atoms with Crippen molar-refractivity contribution in [2.24, 2.45) is 5.92 Å². The molecule has 0 aromatic heterocycles. The van der Waals surface area contributed by atoms with Crippen LogP contribution in [0.25, 0.3) is 10.8 Å². The Morgan fingerprint density at radius 1 is 1.20 bits per heavy atom. The number of esters is 1. The molecule has 0 aliphatic carbocycles. The molecule has 0 amide bonds. The van der Waals surface area contributed by atoms with Gasteiger partial charge in [-0.3, -0.25) is 4.79 Å². The number of carbonyl (C=O) groups excluding carboxylic acids is 1. The molecule has 0 spiro atoms. The molecule has 0 fully saturated rings. The van der Waals surface area contributed by atoms with E-state index in [0.29, 0.717) is 18.5 Å². The number of carbonyl (C=O) groups is 1. The van der Waals surface area contributed by atoms with E-state index in [0.717, 1.165) is 4.90 Å². The molecule has 0 saturated heterocycles. The van der Waals surface area contributed by atoms with Gasteiger partial charge in [0.25, 0.3) is 0 Å². The fourth-order valence-corrected chi connectivity index (χ4v) is 6.76. The number of thioether (sulfide) groups is 1. The van der Waals surface area contributed by atoms with Crippen molar-refractivity contribution >= 4 is 36.3 Å².